The van der Waals surface area contributed by atoms with Crippen molar-refractivity contribution < 1.29 is 9.13 Å². The molecule has 0 radical (unpaired) electrons. The highest BCUT2D eigenvalue weighted by atomic mass is 79.9. The van der Waals surface area contributed by atoms with E-state index in [0.717, 1.165) is 16.2 Å². The van der Waals surface area contributed by atoms with E-state index in [0.29, 0.717) is 5.75 Å². The Morgan fingerprint density at radius 2 is 2.18 bits per heavy atom. The van der Waals surface area contributed by atoms with E-state index >= 15 is 0 Å². The molecule has 1 heterocycles. The summed E-state index contributed by atoms with van der Waals surface area (Å²) in [6.45, 7) is 1.85. The van der Waals surface area contributed by atoms with Gasteiger partial charge in [0.2, 0.25) is 11.1 Å². The first kappa shape index (κ1) is 12.3. The lowest BCUT2D eigenvalue weighted by Gasteiger charge is -2.08. The Morgan fingerprint density at radius 3 is 2.94 bits per heavy atom. The third-order valence-electron chi connectivity index (χ3n) is 2.04. The van der Waals surface area contributed by atoms with Crippen LogP contribution in [-0.4, -0.2) is 9.97 Å². The van der Waals surface area contributed by atoms with Gasteiger partial charge in [-0.2, -0.15) is 9.37 Å². The summed E-state index contributed by atoms with van der Waals surface area (Å²) in [5.74, 6) is -0.340. The molecule has 0 aliphatic heterocycles. The highest BCUT2D eigenvalue weighted by molar-refractivity contribution is 9.10. The van der Waals surface area contributed by atoms with Crippen LogP contribution in [0.5, 0.6) is 11.6 Å². The van der Waals surface area contributed by atoms with Crippen LogP contribution >= 0.6 is 27.5 Å². The molecule has 0 spiro atoms. The minimum atomic E-state index is -0.659. The molecule has 17 heavy (non-hydrogen) atoms. The summed E-state index contributed by atoms with van der Waals surface area (Å²) >= 11 is 8.89. The van der Waals surface area contributed by atoms with E-state index in [1.165, 1.54) is 0 Å². The molecular formula is C11H7BrClFN2O. The number of hydrogen-bond donors (Lipinski definition) is 0. The fraction of sp³-hybridized carbons (Fsp3) is 0.0909. The summed E-state index contributed by atoms with van der Waals surface area (Å²) in [7, 11) is 0. The molecule has 0 fully saturated rings. The Labute approximate surface area is 111 Å². The van der Waals surface area contributed by atoms with Gasteiger partial charge in [0.1, 0.15) is 5.75 Å². The molecular weight excluding hydrogens is 310 g/mol. The van der Waals surface area contributed by atoms with Gasteiger partial charge in [-0.3, -0.25) is 0 Å². The fourth-order valence-electron chi connectivity index (χ4n) is 1.19. The normalized spacial score (nSPS) is 10.4. The van der Waals surface area contributed by atoms with Crippen molar-refractivity contribution in [1.82, 2.24) is 9.97 Å². The Hall–Kier alpha value is -1.20. The zero-order valence-electron chi connectivity index (χ0n) is 8.75. The number of rotatable bonds is 2. The van der Waals surface area contributed by atoms with E-state index in [1.54, 1.807) is 6.07 Å². The molecule has 0 aliphatic carbocycles. The second-order valence-electron chi connectivity index (χ2n) is 3.30. The topological polar surface area (TPSA) is 35.0 Å². The van der Waals surface area contributed by atoms with Gasteiger partial charge in [-0.15, -0.1) is 0 Å². The van der Waals surface area contributed by atoms with Crippen molar-refractivity contribution in [3.05, 3.63) is 45.5 Å². The Morgan fingerprint density at radius 1 is 1.41 bits per heavy atom. The molecule has 0 unspecified atom stereocenters. The lowest BCUT2D eigenvalue weighted by Crippen LogP contribution is -1.95. The molecule has 0 saturated carbocycles. The van der Waals surface area contributed by atoms with Crippen LogP contribution in [-0.2, 0) is 0 Å². The first-order chi connectivity index (χ1) is 8.06. The first-order valence-corrected chi connectivity index (χ1v) is 5.85. The van der Waals surface area contributed by atoms with Gasteiger partial charge >= 0.3 is 0 Å². The van der Waals surface area contributed by atoms with Crippen molar-refractivity contribution in [1.29, 1.82) is 0 Å². The second kappa shape index (κ2) is 4.98. The molecule has 0 atom stereocenters. The Bertz CT molecular complexity index is 516. The molecule has 2 aromatic rings. The van der Waals surface area contributed by atoms with E-state index in [9.17, 15) is 4.39 Å². The Balaban J connectivity index is 2.37. The average Bonchev–Trinajstić information content (AvgIpc) is 2.28. The number of nitrogens with zero attached hydrogens (tertiary/aromatic N) is 2. The average molecular weight is 318 g/mol. The number of aryl methyl sites for hydroxylation is 1. The van der Waals surface area contributed by atoms with Crippen LogP contribution in [0.2, 0.25) is 5.28 Å². The SMILES string of the molecule is Cc1ccc(Br)cc1Oc1nc(Cl)ncc1F. The molecule has 0 bridgehead atoms. The van der Waals surface area contributed by atoms with Crippen molar-refractivity contribution in [3.63, 3.8) is 0 Å². The standard InChI is InChI=1S/C11H7BrClFN2O/c1-6-2-3-7(12)4-9(6)17-10-8(14)5-15-11(13)16-10/h2-5H,1H3. The molecule has 2 rings (SSSR count). The van der Waals surface area contributed by atoms with Gasteiger partial charge in [-0.05, 0) is 36.2 Å². The summed E-state index contributed by atoms with van der Waals surface area (Å²) in [4.78, 5) is 7.19. The van der Waals surface area contributed by atoms with Gasteiger partial charge in [-0.25, -0.2) is 4.98 Å². The van der Waals surface area contributed by atoms with Crippen LogP contribution in [0.4, 0.5) is 4.39 Å². The summed E-state index contributed by atoms with van der Waals surface area (Å²) in [6, 6.07) is 5.44. The highest BCUT2D eigenvalue weighted by Gasteiger charge is 2.10. The number of hydrogen-bond acceptors (Lipinski definition) is 3. The van der Waals surface area contributed by atoms with Gasteiger partial charge < -0.3 is 4.74 Å². The molecule has 1 aromatic heterocycles. The molecule has 1 aromatic carbocycles. The quantitative estimate of drug-likeness (QED) is 0.781. The zero-order chi connectivity index (χ0) is 12.4. The van der Waals surface area contributed by atoms with Crippen molar-refractivity contribution >= 4 is 27.5 Å². The largest absolute Gasteiger partial charge is 0.436 e. The molecule has 0 amide bonds. The second-order valence-corrected chi connectivity index (χ2v) is 4.56. The van der Waals surface area contributed by atoms with E-state index < -0.39 is 5.82 Å². The van der Waals surface area contributed by atoms with Crippen molar-refractivity contribution in [3.8, 4) is 11.6 Å². The maximum Gasteiger partial charge on any atom is 0.260 e. The molecule has 0 aliphatic rings. The van der Waals surface area contributed by atoms with Gasteiger partial charge in [-0.1, -0.05) is 22.0 Å². The predicted molar refractivity (Wildman–Crippen MR) is 66.0 cm³/mol. The molecule has 6 heteroatoms. The molecule has 88 valence electrons. The minimum Gasteiger partial charge on any atom is -0.436 e. The van der Waals surface area contributed by atoms with E-state index in [1.807, 2.05) is 19.1 Å². The lowest BCUT2D eigenvalue weighted by molar-refractivity contribution is 0.417. The summed E-state index contributed by atoms with van der Waals surface area (Å²) in [5, 5.41) is -0.0611. The lowest BCUT2D eigenvalue weighted by atomic mass is 10.2. The smallest absolute Gasteiger partial charge is 0.260 e. The van der Waals surface area contributed by atoms with Gasteiger partial charge in [0.15, 0.2) is 0 Å². The van der Waals surface area contributed by atoms with Crippen LogP contribution in [0, 0.1) is 12.7 Å². The summed E-state index contributed by atoms with van der Waals surface area (Å²) < 4.78 is 19.6. The van der Waals surface area contributed by atoms with Gasteiger partial charge in [0, 0.05) is 4.47 Å². The monoisotopic (exact) mass is 316 g/mol. The fourth-order valence-corrected chi connectivity index (χ4v) is 1.66. The zero-order valence-corrected chi connectivity index (χ0v) is 11.1. The molecule has 3 nitrogen and oxygen atoms in total. The van der Waals surface area contributed by atoms with Crippen LogP contribution in [0.1, 0.15) is 5.56 Å². The van der Waals surface area contributed by atoms with Crippen molar-refractivity contribution in [2.24, 2.45) is 0 Å². The van der Waals surface area contributed by atoms with Crippen LogP contribution in [0.3, 0.4) is 0 Å². The van der Waals surface area contributed by atoms with Gasteiger partial charge in [0.05, 0.1) is 6.20 Å². The van der Waals surface area contributed by atoms with Crippen LogP contribution in [0.15, 0.2) is 28.9 Å². The van der Waals surface area contributed by atoms with Gasteiger partial charge in [0.25, 0.3) is 5.88 Å². The summed E-state index contributed by atoms with van der Waals surface area (Å²) in [6.07, 6.45) is 0.970. The maximum absolute atomic E-state index is 13.4. The first-order valence-electron chi connectivity index (χ1n) is 4.68. The Kier molecular flexibility index (Phi) is 3.59. The number of ether oxygens (including phenoxy) is 1. The third kappa shape index (κ3) is 2.92. The number of halogens is 3. The number of aromatic nitrogens is 2. The predicted octanol–water partition coefficient (Wildman–Crippen LogP) is 4.13. The van der Waals surface area contributed by atoms with Crippen molar-refractivity contribution in [2.75, 3.05) is 0 Å². The van der Waals surface area contributed by atoms with Crippen LogP contribution in [0.25, 0.3) is 0 Å². The molecule has 0 saturated heterocycles. The highest BCUT2D eigenvalue weighted by Crippen LogP contribution is 2.28. The summed E-state index contributed by atoms with van der Waals surface area (Å²) in [5.41, 5.74) is 0.863. The third-order valence-corrected chi connectivity index (χ3v) is 2.71. The van der Waals surface area contributed by atoms with E-state index in [-0.39, 0.29) is 11.2 Å². The van der Waals surface area contributed by atoms with Crippen molar-refractivity contribution in [2.45, 2.75) is 6.92 Å². The van der Waals surface area contributed by atoms with E-state index in [2.05, 4.69) is 25.9 Å². The molecule has 0 N–H and O–H groups in total. The number of benzene rings is 1. The maximum atomic E-state index is 13.4. The minimum absolute atomic E-state index is 0.0611. The van der Waals surface area contributed by atoms with Crippen LogP contribution < -0.4 is 4.74 Å². The van der Waals surface area contributed by atoms with E-state index in [4.69, 9.17) is 16.3 Å².